The molecule has 9 heteroatoms. The summed E-state index contributed by atoms with van der Waals surface area (Å²) in [7, 11) is -3.60. The van der Waals surface area contributed by atoms with Crippen LogP contribution in [0.25, 0.3) is 0 Å². The third-order valence-electron chi connectivity index (χ3n) is 3.95. The molecule has 0 amide bonds. The van der Waals surface area contributed by atoms with Crippen molar-refractivity contribution in [2.45, 2.75) is 24.7 Å². The Balaban J connectivity index is 1.74. The van der Waals surface area contributed by atoms with E-state index < -0.39 is 15.8 Å². The zero-order chi connectivity index (χ0) is 17.2. The number of aryl methyl sites for hydroxylation is 1. The Hall–Kier alpha value is -1.58. The number of nitrogens with zero attached hydrogens (tertiary/aromatic N) is 4. The molecule has 1 fully saturated rings. The molecule has 130 valence electrons. The zero-order valence-corrected chi connectivity index (χ0v) is 15.0. The second kappa shape index (κ2) is 7.12. The summed E-state index contributed by atoms with van der Waals surface area (Å²) in [5, 5.41) is 0.841. The molecule has 1 aromatic carbocycles. The van der Waals surface area contributed by atoms with Gasteiger partial charge in [-0.25, -0.2) is 17.8 Å². The Kier molecular flexibility index (Phi) is 5.12. The van der Waals surface area contributed by atoms with Crippen LogP contribution in [0.5, 0.6) is 0 Å². The van der Waals surface area contributed by atoms with Gasteiger partial charge in [-0.1, -0.05) is 6.92 Å². The average molecular weight is 370 g/mol. The summed E-state index contributed by atoms with van der Waals surface area (Å²) in [4.78, 5) is 6.68. The van der Waals surface area contributed by atoms with Gasteiger partial charge < -0.3 is 4.90 Å². The Morgan fingerprint density at radius 2 is 1.92 bits per heavy atom. The van der Waals surface area contributed by atoms with Gasteiger partial charge in [-0.2, -0.15) is 8.68 Å². The maximum Gasteiger partial charge on any atom is 0.243 e. The Labute approximate surface area is 145 Å². The van der Waals surface area contributed by atoms with E-state index in [1.807, 2.05) is 6.92 Å². The summed E-state index contributed by atoms with van der Waals surface area (Å²) in [6.07, 6.45) is 1.50. The monoisotopic (exact) mass is 370 g/mol. The lowest BCUT2D eigenvalue weighted by molar-refractivity contribution is 0.433. The van der Waals surface area contributed by atoms with Crippen LogP contribution in [0.15, 0.2) is 29.2 Å². The predicted molar refractivity (Wildman–Crippen MR) is 91.3 cm³/mol. The van der Waals surface area contributed by atoms with E-state index in [4.69, 9.17) is 0 Å². The largest absolute Gasteiger partial charge is 0.345 e. The maximum absolute atomic E-state index is 13.0. The molecule has 1 saturated heterocycles. The molecule has 24 heavy (non-hydrogen) atoms. The minimum atomic E-state index is -3.60. The first-order valence-corrected chi connectivity index (χ1v) is 10.1. The van der Waals surface area contributed by atoms with Crippen molar-refractivity contribution in [3.05, 3.63) is 35.9 Å². The molecule has 2 heterocycles. The summed E-state index contributed by atoms with van der Waals surface area (Å²) in [5.41, 5.74) is 0. The number of hydrogen-bond acceptors (Lipinski definition) is 6. The molecule has 1 aromatic heterocycles. The van der Waals surface area contributed by atoms with Crippen LogP contribution >= 0.6 is 11.5 Å². The van der Waals surface area contributed by atoms with Crippen LogP contribution in [0, 0.1) is 5.82 Å². The summed E-state index contributed by atoms with van der Waals surface area (Å²) in [5.74, 6) is 0.369. The molecule has 0 N–H and O–H groups in total. The first-order valence-electron chi connectivity index (χ1n) is 7.84. The smallest absolute Gasteiger partial charge is 0.243 e. The standard InChI is InChI=1S/C15H19FN4O2S2/c1-2-14-17-15(23-18-14)19-8-3-9-20(11-10-19)24(21,22)13-6-4-12(16)5-7-13/h4-7H,2-3,8-11H2,1H3. The molecule has 0 atom stereocenters. The minimum Gasteiger partial charge on any atom is -0.345 e. The Morgan fingerprint density at radius 1 is 1.17 bits per heavy atom. The number of halogens is 1. The lowest BCUT2D eigenvalue weighted by Crippen LogP contribution is -2.35. The normalized spacial score (nSPS) is 17.0. The second-order valence-corrected chi connectivity index (χ2v) is 8.21. The highest BCUT2D eigenvalue weighted by Gasteiger charge is 2.27. The van der Waals surface area contributed by atoms with Gasteiger partial charge in [0.2, 0.25) is 15.2 Å². The number of sulfonamides is 1. The average Bonchev–Trinajstić information content (AvgIpc) is 2.91. The van der Waals surface area contributed by atoms with Crippen molar-refractivity contribution < 1.29 is 12.8 Å². The fourth-order valence-corrected chi connectivity index (χ4v) is 4.87. The molecule has 2 aromatic rings. The van der Waals surface area contributed by atoms with Gasteiger partial charge in [0.15, 0.2) is 0 Å². The van der Waals surface area contributed by atoms with Gasteiger partial charge in [0, 0.05) is 44.1 Å². The number of aromatic nitrogens is 2. The third-order valence-corrected chi connectivity index (χ3v) is 6.68. The first-order chi connectivity index (χ1) is 11.5. The highest BCUT2D eigenvalue weighted by Crippen LogP contribution is 2.22. The van der Waals surface area contributed by atoms with Gasteiger partial charge in [0.1, 0.15) is 11.6 Å². The number of rotatable bonds is 4. The van der Waals surface area contributed by atoms with Crippen molar-refractivity contribution in [2.24, 2.45) is 0 Å². The molecule has 3 rings (SSSR count). The molecule has 0 aliphatic carbocycles. The van der Waals surface area contributed by atoms with E-state index in [1.54, 1.807) is 0 Å². The van der Waals surface area contributed by atoms with Crippen molar-refractivity contribution in [3.8, 4) is 0 Å². The van der Waals surface area contributed by atoms with Crippen molar-refractivity contribution in [3.63, 3.8) is 0 Å². The lowest BCUT2D eigenvalue weighted by Gasteiger charge is -2.21. The summed E-state index contributed by atoms with van der Waals surface area (Å²) >= 11 is 1.35. The van der Waals surface area contributed by atoms with E-state index in [-0.39, 0.29) is 4.90 Å². The molecule has 0 bridgehead atoms. The lowest BCUT2D eigenvalue weighted by atomic mass is 10.4. The van der Waals surface area contributed by atoms with Crippen LogP contribution in [-0.4, -0.2) is 48.3 Å². The topological polar surface area (TPSA) is 66.4 Å². The van der Waals surface area contributed by atoms with Crippen LogP contribution in [-0.2, 0) is 16.4 Å². The molecule has 0 unspecified atom stereocenters. The van der Waals surface area contributed by atoms with E-state index in [2.05, 4.69) is 14.3 Å². The van der Waals surface area contributed by atoms with E-state index in [9.17, 15) is 12.8 Å². The third kappa shape index (κ3) is 3.57. The fraction of sp³-hybridized carbons (Fsp3) is 0.467. The number of anilines is 1. The van der Waals surface area contributed by atoms with Crippen molar-refractivity contribution in [1.82, 2.24) is 13.7 Å². The van der Waals surface area contributed by atoms with Crippen LogP contribution in [0.1, 0.15) is 19.2 Å². The quantitative estimate of drug-likeness (QED) is 0.825. The maximum atomic E-state index is 13.0. The zero-order valence-electron chi connectivity index (χ0n) is 13.4. The van der Waals surface area contributed by atoms with Crippen LogP contribution in [0.3, 0.4) is 0 Å². The molecule has 6 nitrogen and oxygen atoms in total. The first kappa shape index (κ1) is 17.2. The highest BCUT2D eigenvalue weighted by molar-refractivity contribution is 7.89. The number of benzene rings is 1. The molecular formula is C15H19FN4O2S2. The van der Waals surface area contributed by atoms with Crippen LogP contribution in [0.2, 0.25) is 0 Å². The molecule has 1 aliphatic heterocycles. The highest BCUT2D eigenvalue weighted by atomic mass is 32.2. The molecule has 0 saturated carbocycles. The minimum absolute atomic E-state index is 0.126. The van der Waals surface area contributed by atoms with Gasteiger partial charge in [0.05, 0.1) is 4.90 Å². The Bertz CT molecular complexity index is 792. The summed E-state index contributed by atoms with van der Waals surface area (Å²) < 4.78 is 44.2. The summed E-state index contributed by atoms with van der Waals surface area (Å²) in [6, 6.07) is 4.96. The van der Waals surface area contributed by atoms with E-state index >= 15 is 0 Å². The molecule has 1 aliphatic rings. The van der Waals surface area contributed by atoms with Gasteiger partial charge in [-0.15, -0.1) is 0 Å². The van der Waals surface area contributed by atoms with Gasteiger partial charge in [0.25, 0.3) is 0 Å². The molecule has 0 radical (unpaired) electrons. The second-order valence-electron chi connectivity index (χ2n) is 5.55. The van der Waals surface area contributed by atoms with Gasteiger partial charge >= 0.3 is 0 Å². The predicted octanol–water partition coefficient (Wildman–Crippen LogP) is 2.14. The Morgan fingerprint density at radius 3 is 2.58 bits per heavy atom. The van der Waals surface area contributed by atoms with Crippen molar-refractivity contribution in [2.75, 3.05) is 31.1 Å². The van der Waals surface area contributed by atoms with Gasteiger partial charge in [-0.3, -0.25) is 0 Å². The number of hydrogen-bond donors (Lipinski definition) is 0. The van der Waals surface area contributed by atoms with Crippen LogP contribution in [0.4, 0.5) is 9.52 Å². The van der Waals surface area contributed by atoms with E-state index in [1.165, 1.54) is 40.1 Å². The molecular weight excluding hydrogens is 351 g/mol. The van der Waals surface area contributed by atoms with Crippen molar-refractivity contribution in [1.29, 1.82) is 0 Å². The van der Waals surface area contributed by atoms with E-state index in [0.717, 1.165) is 23.9 Å². The van der Waals surface area contributed by atoms with Crippen molar-refractivity contribution >= 4 is 26.7 Å². The SMILES string of the molecule is CCc1nsc(N2CCCN(S(=O)(=O)c3ccc(F)cc3)CC2)n1. The van der Waals surface area contributed by atoms with Crippen LogP contribution < -0.4 is 4.90 Å². The van der Waals surface area contributed by atoms with E-state index in [0.29, 0.717) is 26.1 Å². The summed E-state index contributed by atoms with van der Waals surface area (Å²) in [6.45, 7) is 4.13. The molecule has 0 spiro atoms. The fourth-order valence-electron chi connectivity index (χ4n) is 2.60. The van der Waals surface area contributed by atoms with Gasteiger partial charge in [-0.05, 0) is 30.7 Å².